The summed E-state index contributed by atoms with van der Waals surface area (Å²) >= 11 is 0. The van der Waals surface area contributed by atoms with Gasteiger partial charge in [0, 0.05) is 0 Å². The fourth-order valence-electron chi connectivity index (χ4n) is 1.43. The molecule has 2 aliphatic rings. The van der Waals surface area contributed by atoms with Crippen molar-refractivity contribution >= 4 is 10.4 Å². The van der Waals surface area contributed by atoms with E-state index in [1.54, 1.807) is 13.8 Å². The molecule has 0 spiro atoms. The van der Waals surface area contributed by atoms with Crippen molar-refractivity contribution < 1.29 is 26.3 Å². The van der Waals surface area contributed by atoms with Crippen molar-refractivity contribution in [3.05, 3.63) is 0 Å². The quantitative estimate of drug-likeness (QED) is 0.567. The third kappa shape index (κ3) is 2.06. The zero-order valence-electron chi connectivity index (χ0n) is 7.93. The lowest BCUT2D eigenvalue weighted by atomic mass is 10.2. The lowest BCUT2D eigenvalue weighted by Gasteiger charge is -2.41. The minimum atomic E-state index is -3.85. The molecule has 0 radical (unpaired) electrons. The van der Waals surface area contributed by atoms with Crippen molar-refractivity contribution in [2.75, 3.05) is 13.2 Å². The van der Waals surface area contributed by atoms with E-state index in [1.807, 2.05) is 0 Å². The van der Waals surface area contributed by atoms with Gasteiger partial charge in [0.15, 0.2) is 5.79 Å². The van der Waals surface area contributed by atoms with Crippen LogP contribution in [0, 0.1) is 0 Å². The van der Waals surface area contributed by atoms with Gasteiger partial charge in [-0.15, -0.1) is 0 Å². The van der Waals surface area contributed by atoms with Crippen molar-refractivity contribution in [2.45, 2.75) is 31.8 Å². The lowest BCUT2D eigenvalue weighted by Crippen LogP contribution is -2.54. The highest BCUT2D eigenvalue weighted by Gasteiger charge is 2.43. The molecule has 0 amide bonds. The van der Waals surface area contributed by atoms with Crippen LogP contribution >= 0.6 is 0 Å². The summed E-state index contributed by atoms with van der Waals surface area (Å²) in [4.78, 5) is 0. The fraction of sp³-hybridized carbons (Fsp3) is 1.00. The third-order valence-corrected chi connectivity index (χ3v) is 2.97. The van der Waals surface area contributed by atoms with E-state index < -0.39 is 22.3 Å². The van der Waals surface area contributed by atoms with Gasteiger partial charge in [-0.1, -0.05) is 0 Å². The van der Waals surface area contributed by atoms with E-state index in [0.717, 1.165) is 0 Å². The number of hydrogen-bond donors (Lipinski definition) is 0. The first-order valence-corrected chi connectivity index (χ1v) is 5.61. The highest BCUT2D eigenvalue weighted by atomic mass is 32.3. The normalized spacial score (nSPS) is 40.1. The van der Waals surface area contributed by atoms with Gasteiger partial charge in [-0.25, -0.2) is 8.37 Å². The van der Waals surface area contributed by atoms with E-state index in [0.29, 0.717) is 0 Å². The maximum absolute atomic E-state index is 10.9. The maximum Gasteiger partial charge on any atom is 0.400 e. The van der Waals surface area contributed by atoms with Gasteiger partial charge in [0.05, 0.1) is 13.2 Å². The molecule has 2 aliphatic heterocycles. The molecule has 0 aromatic rings. The number of hydrogen-bond acceptors (Lipinski definition) is 6. The SMILES string of the molecule is CC1(C)OC[C@@H]2OS(=O)(=O)OC[C@H]2O1. The van der Waals surface area contributed by atoms with Gasteiger partial charge in [0.1, 0.15) is 12.2 Å². The van der Waals surface area contributed by atoms with Crippen LogP contribution in [0.15, 0.2) is 0 Å². The molecule has 0 saturated carbocycles. The summed E-state index contributed by atoms with van der Waals surface area (Å²) in [7, 11) is -3.85. The highest BCUT2D eigenvalue weighted by Crippen LogP contribution is 2.28. The van der Waals surface area contributed by atoms with Gasteiger partial charge in [-0.2, -0.15) is 8.42 Å². The second kappa shape index (κ2) is 3.14. The molecule has 2 atom stereocenters. The van der Waals surface area contributed by atoms with Crippen LogP contribution in [0.25, 0.3) is 0 Å². The second-order valence-corrected chi connectivity index (χ2v) is 4.94. The molecular formula is C7H12O6S. The molecule has 82 valence electrons. The summed E-state index contributed by atoms with van der Waals surface area (Å²) in [6.07, 6.45) is -0.982. The summed E-state index contributed by atoms with van der Waals surface area (Å²) in [5.41, 5.74) is 0. The number of ether oxygens (including phenoxy) is 2. The Morgan fingerprint density at radius 1 is 1.21 bits per heavy atom. The molecule has 0 aromatic carbocycles. The van der Waals surface area contributed by atoms with Crippen molar-refractivity contribution in [1.82, 2.24) is 0 Å². The number of fused-ring (bicyclic) bond motifs is 1. The van der Waals surface area contributed by atoms with E-state index >= 15 is 0 Å². The average Bonchev–Trinajstić information content (AvgIpc) is 2.04. The van der Waals surface area contributed by atoms with Gasteiger partial charge in [0.2, 0.25) is 0 Å². The predicted molar refractivity (Wildman–Crippen MR) is 44.6 cm³/mol. The first-order chi connectivity index (χ1) is 6.38. The maximum atomic E-state index is 10.9. The van der Waals surface area contributed by atoms with Gasteiger partial charge in [0.25, 0.3) is 0 Å². The molecule has 2 saturated heterocycles. The Bertz CT molecular complexity index is 321. The van der Waals surface area contributed by atoms with Crippen LogP contribution in [0.2, 0.25) is 0 Å². The van der Waals surface area contributed by atoms with Crippen LogP contribution in [0.1, 0.15) is 13.8 Å². The van der Waals surface area contributed by atoms with Crippen molar-refractivity contribution in [2.24, 2.45) is 0 Å². The summed E-state index contributed by atoms with van der Waals surface area (Å²) < 4.78 is 41.7. The Labute approximate surface area is 82.4 Å². The third-order valence-electron chi connectivity index (χ3n) is 2.06. The van der Waals surface area contributed by atoms with Crippen molar-refractivity contribution in [3.63, 3.8) is 0 Å². The molecule has 0 unspecified atom stereocenters. The largest absolute Gasteiger partial charge is 0.400 e. The van der Waals surface area contributed by atoms with Gasteiger partial charge < -0.3 is 9.47 Å². The highest BCUT2D eigenvalue weighted by molar-refractivity contribution is 7.81. The van der Waals surface area contributed by atoms with Crippen molar-refractivity contribution in [1.29, 1.82) is 0 Å². The molecular weight excluding hydrogens is 212 g/mol. The Hall–Kier alpha value is -0.210. The molecule has 14 heavy (non-hydrogen) atoms. The smallest absolute Gasteiger partial charge is 0.348 e. The molecule has 0 N–H and O–H groups in total. The monoisotopic (exact) mass is 224 g/mol. The van der Waals surface area contributed by atoms with Crippen LogP contribution in [0.4, 0.5) is 0 Å². The fourth-order valence-corrected chi connectivity index (χ4v) is 2.26. The van der Waals surface area contributed by atoms with Crippen LogP contribution in [-0.2, 0) is 28.2 Å². The van der Waals surface area contributed by atoms with E-state index in [4.69, 9.17) is 9.47 Å². The van der Waals surface area contributed by atoms with Crippen LogP contribution in [0.3, 0.4) is 0 Å². The Balaban J connectivity index is 2.09. The molecule has 7 heteroatoms. The average molecular weight is 224 g/mol. The Morgan fingerprint density at radius 2 is 1.93 bits per heavy atom. The first-order valence-electron chi connectivity index (χ1n) is 4.27. The van der Waals surface area contributed by atoms with Gasteiger partial charge >= 0.3 is 10.4 Å². The van der Waals surface area contributed by atoms with Gasteiger partial charge in [-0.3, -0.25) is 0 Å². The zero-order valence-corrected chi connectivity index (χ0v) is 8.74. The summed E-state index contributed by atoms with van der Waals surface area (Å²) in [6.45, 7) is 3.69. The molecule has 0 aromatic heterocycles. The number of rotatable bonds is 0. The topological polar surface area (TPSA) is 71.1 Å². The predicted octanol–water partition coefficient (Wildman–Crippen LogP) is -0.202. The molecule has 6 nitrogen and oxygen atoms in total. The van der Waals surface area contributed by atoms with Crippen LogP contribution in [0.5, 0.6) is 0 Å². The van der Waals surface area contributed by atoms with E-state index in [1.165, 1.54) is 0 Å². The second-order valence-electron chi connectivity index (χ2n) is 3.69. The first kappa shape index (κ1) is 10.3. The van der Waals surface area contributed by atoms with Crippen LogP contribution in [-0.4, -0.2) is 39.6 Å². The summed E-state index contributed by atoms with van der Waals surface area (Å²) in [5, 5.41) is 0. The van der Waals surface area contributed by atoms with E-state index in [2.05, 4.69) is 8.37 Å². The molecule has 0 bridgehead atoms. The molecule has 2 fully saturated rings. The molecule has 0 aliphatic carbocycles. The summed E-state index contributed by atoms with van der Waals surface area (Å²) in [5.74, 6) is -0.713. The zero-order chi connectivity index (χ0) is 10.4. The lowest BCUT2D eigenvalue weighted by molar-refractivity contribution is -0.309. The van der Waals surface area contributed by atoms with E-state index in [-0.39, 0.29) is 19.3 Å². The Kier molecular flexibility index (Phi) is 2.31. The minimum absolute atomic E-state index is 0.0141. The van der Waals surface area contributed by atoms with Gasteiger partial charge in [-0.05, 0) is 13.8 Å². The van der Waals surface area contributed by atoms with E-state index in [9.17, 15) is 8.42 Å². The van der Waals surface area contributed by atoms with Crippen molar-refractivity contribution in [3.8, 4) is 0 Å². The minimum Gasteiger partial charge on any atom is -0.348 e. The molecule has 2 heterocycles. The Morgan fingerprint density at radius 3 is 2.64 bits per heavy atom. The summed E-state index contributed by atoms with van der Waals surface area (Å²) in [6, 6.07) is 0. The molecule has 2 rings (SSSR count). The van der Waals surface area contributed by atoms with Crippen LogP contribution < -0.4 is 0 Å². The standard InChI is InChI=1S/C7H12O6S/c1-7(2)10-3-6-5(12-7)4-11-14(8,9)13-6/h5-6H,3-4H2,1-2H3/t5-,6+/m1/s1.